The SMILES string of the molecule is COC(=O)c1cc(Cn2cncn2)cc(NC(=O)c2ccc(OSOOON)cc2)c1. The van der Waals surface area contributed by atoms with Crippen LogP contribution in [0.3, 0.4) is 0 Å². The number of anilines is 1. The monoisotopic (exact) mass is 447 g/mol. The van der Waals surface area contributed by atoms with Crippen LogP contribution in [-0.4, -0.2) is 33.8 Å². The van der Waals surface area contributed by atoms with Crippen LogP contribution in [0.25, 0.3) is 0 Å². The Morgan fingerprint density at radius 3 is 2.65 bits per heavy atom. The molecular formula is C18H17N5O7S. The second kappa shape index (κ2) is 11.1. The summed E-state index contributed by atoms with van der Waals surface area (Å²) in [7, 11) is 1.28. The van der Waals surface area contributed by atoms with Crippen LogP contribution in [0, 0.1) is 0 Å². The Balaban J connectivity index is 1.71. The maximum atomic E-state index is 12.6. The highest BCUT2D eigenvalue weighted by molar-refractivity contribution is 7.90. The maximum Gasteiger partial charge on any atom is 0.337 e. The Morgan fingerprint density at radius 2 is 1.97 bits per heavy atom. The van der Waals surface area contributed by atoms with Crippen LogP contribution in [-0.2, 0) is 25.6 Å². The second-order valence-electron chi connectivity index (χ2n) is 5.87. The van der Waals surface area contributed by atoms with Gasteiger partial charge in [-0.15, -0.1) is 4.99 Å². The van der Waals surface area contributed by atoms with Crippen molar-refractivity contribution in [3.63, 3.8) is 0 Å². The van der Waals surface area contributed by atoms with Crippen LogP contribution >= 0.6 is 12.3 Å². The Labute approximate surface area is 180 Å². The summed E-state index contributed by atoms with van der Waals surface area (Å²) < 4.78 is 15.9. The summed E-state index contributed by atoms with van der Waals surface area (Å²) in [5, 5.41) is 10.8. The molecule has 0 aliphatic carbocycles. The molecule has 3 rings (SSSR count). The number of esters is 1. The quantitative estimate of drug-likeness (QED) is 0.155. The molecule has 0 fully saturated rings. The van der Waals surface area contributed by atoms with Crippen LogP contribution in [0.5, 0.6) is 5.75 Å². The minimum Gasteiger partial charge on any atom is -0.465 e. The molecular weight excluding hydrogens is 430 g/mol. The van der Waals surface area contributed by atoms with Crippen molar-refractivity contribution in [1.82, 2.24) is 14.8 Å². The van der Waals surface area contributed by atoms with Crippen molar-refractivity contribution in [1.29, 1.82) is 0 Å². The second-order valence-corrected chi connectivity index (χ2v) is 6.30. The topological polar surface area (TPSA) is 149 Å². The molecule has 0 atom stereocenters. The third-order valence-corrected chi connectivity index (χ3v) is 4.20. The van der Waals surface area contributed by atoms with E-state index in [-0.39, 0.29) is 5.91 Å². The van der Waals surface area contributed by atoms with E-state index in [9.17, 15) is 9.59 Å². The van der Waals surface area contributed by atoms with Crippen LogP contribution in [0.1, 0.15) is 26.3 Å². The molecule has 3 aromatic rings. The molecule has 2 aromatic carbocycles. The average Bonchev–Trinajstić information content (AvgIpc) is 3.29. The van der Waals surface area contributed by atoms with E-state index in [1.165, 1.54) is 19.5 Å². The number of nitrogens with two attached hydrogens (primary N) is 1. The van der Waals surface area contributed by atoms with Crippen LogP contribution in [0.15, 0.2) is 55.1 Å². The largest absolute Gasteiger partial charge is 0.465 e. The molecule has 0 unspecified atom stereocenters. The summed E-state index contributed by atoms with van der Waals surface area (Å²) in [5.74, 6) is 4.09. The third kappa shape index (κ3) is 6.50. The van der Waals surface area contributed by atoms with Gasteiger partial charge in [0.25, 0.3) is 18.2 Å². The fraction of sp³-hybridized carbons (Fsp3) is 0.111. The predicted octanol–water partition coefficient (Wildman–Crippen LogP) is 2.06. The van der Waals surface area contributed by atoms with E-state index < -0.39 is 5.97 Å². The maximum absolute atomic E-state index is 12.6. The number of nitrogens with zero attached hydrogens (tertiary/aromatic N) is 3. The summed E-state index contributed by atoms with van der Waals surface area (Å²) >= 11 is 0.474. The first kappa shape index (κ1) is 22.2. The number of hydrogen-bond donors (Lipinski definition) is 2. The highest BCUT2D eigenvalue weighted by Crippen LogP contribution is 2.21. The average molecular weight is 447 g/mol. The van der Waals surface area contributed by atoms with Crippen molar-refractivity contribution >= 4 is 29.9 Å². The highest BCUT2D eigenvalue weighted by Gasteiger charge is 2.13. The molecule has 0 aliphatic rings. The zero-order valence-electron chi connectivity index (χ0n) is 16.1. The van der Waals surface area contributed by atoms with Gasteiger partial charge in [-0.2, -0.15) is 11.0 Å². The Morgan fingerprint density at radius 1 is 1.16 bits per heavy atom. The van der Waals surface area contributed by atoms with Crippen molar-refractivity contribution in [2.45, 2.75) is 6.54 Å². The van der Waals surface area contributed by atoms with Crippen molar-refractivity contribution in [2.75, 3.05) is 12.4 Å². The lowest BCUT2D eigenvalue weighted by Gasteiger charge is -2.11. The smallest absolute Gasteiger partial charge is 0.337 e. The summed E-state index contributed by atoms with van der Waals surface area (Å²) in [6.45, 7) is 0.360. The van der Waals surface area contributed by atoms with Gasteiger partial charge in [-0.05, 0) is 53.1 Å². The fourth-order valence-corrected chi connectivity index (χ4v) is 2.81. The molecule has 31 heavy (non-hydrogen) atoms. The lowest BCUT2D eigenvalue weighted by atomic mass is 10.1. The van der Waals surface area contributed by atoms with Crippen LogP contribution < -0.4 is 15.4 Å². The molecule has 1 aromatic heterocycles. The molecule has 0 radical (unpaired) electrons. The Hall–Kier alpha value is -3.49. The molecule has 0 saturated carbocycles. The minimum absolute atomic E-state index is 0.292. The molecule has 12 nitrogen and oxygen atoms in total. The van der Waals surface area contributed by atoms with E-state index >= 15 is 0 Å². The van der Waals surface area contributed by atoms with E-state index in [1.807, 2.05) is 0 Å². The molecule has 3 N–H and O–H groups in total. The molecule has 0 spiro atoms. The van der Waals surface area contributed by atoms with E-state index in [0.29, 0.717) is 41.4 Å². The first-order valence-corrected chi connectivity index (χ1v) is 9.25. The van der Waals surface area contributed by atoms with Crippen LogP contribution in [0.4, 0.5) is 5.69 Å². The van der Waals surface area contributed by atoms with Gasteiger partial charge in [0.05, 0.1) is 19.2 Å². The zero-order valence-corrected chi connectivity index (χ0v) is 16.9. The number of methoxy groups -OCH3 is 1. The van der Waals surface area contributed by atoms with Gasteiger partial charge in [0, 0.05) is 11.3 Å². The standard InChI is InChI=1S/C18H17N5O7S/c1-26-18(25)14-6-12(9-23-11-20-10-21-23)7-15(8-14)22-17(24)13-2-4-16(5-3-13)27-31-30-29-28-19/h2-8,10-11H,9,19H2,1H3,(H,22,24). The summed E-state index contributed by atoms with van der Waals surface area (Å²) in [6, 6.07) is 11.1. The first-order chi connectivity index (χ1) is 15.1. The Bertz CT molecular complexity index is 1010. The number of carbonyl (C=O) groups excluding carboxylic acids is 2. The van der Waals surface area contributed by atoms with Crippen molar-refractivity contribution in [3.8, 4) is 5.75 Å². The molecule has 13 heteroatoms. The van der Waals surface area contributed by atoms with Gasteiger partial charge >= 0.3 is 5.97 Å². The predicted molar refractivity (Wildman–Crippen MR) is 107 cm³/mol. The molecule has 1 heterocycles. The van der Waals surface area contributed by atoms with Crippen molar-refractivity contribution in [3.05, 3.63) is 71.8 Å². The lowest BCUT2D eigenvalue weighted by molar-refractivity contribution is -0.465. The number of amides is 1. The summed E-state index contributed by atoms with van der Waals surface area (Å²) in [5.41, 5.74) is 1.81. The number of nitrogens with one attached hydrogen (secondary N) is 1. The van der Waals surface area contributed by atoms with Gasteiger partial charge < -0.3 is 14.2 Å². The number of ether oxygens (including phenoxy) is 1. The number of benzene rings is 2. The normalized spacial score (nSPS) is 10.5. The summed E-state index contributed by atoms with van der Waals surface area (Å²) in [6.07, 6.45) is 2.95. The van der Waals surface area contributed by atoms with E-state index in [2.05, 4.69) is 35.7 Å². The van der Waals surface area contributed by atoms with E-state index in [1.54, 1.807) is 47.4 Å². The molecule has 0 bridgehead atoms. The Kier molecular flexibility index (Phi) is 7.91. The van der Waals surface area contributed by atoms with E-state index in [4.69, 9.17) is 8.92 Å². The van der Waals surface area contributed by atoms with Gasteiger partial charge in [0.2, 0.25) is 0 Å². The number of hydrogen-bond acceptors (Lipinski definition) is 11. The molecule has 1 amide bonds. The number of rotatable bonds is 10. The van der Waals surface area contributed by atoms with Gasteiger partial charge in [0.15, 0.2) is 0 Å². The van der Waals surface area contributed by atoms with Gasteiger partial charge in [-0.1, -0.05) is 4.33 Å². The zero-order chi connectivity index (χ0) is 22.1. The first-order valence-electron chi connectivity index (χ1n) is 8.58. The molecule has 0 saturated heterocycles. The molecule has 162 valence electrons. The third-order valence-electron chi connectivity index (χ3n) is 3.82. The van der Waals surface area contributed by atoms with Gasteiger partial charge in [0.1, 0.15) is 18.4 Å². The molecule has 0 aliphatic heterocycles. The van der Waals surface area contributed by atoms with Gasteiger partial charge in [-0.25, -0.2) is 14.5 Å². The lowest BCUT2D eigenvalue weighted by Crippen LogP contribution is -2.13. The minimum atomic E-state index is -0.527. The number of aromatic nitrogens is 3. The summed E-state index contributed by atoms with van der Waals surface area (Å²) in [4.78, 5) is 32.3. The number of carbonyl (C=O) groups is 2. The van der Waals surface area contributed by atoms with Crippen molar-refractivity contribution in [2.24, 2.45) is 5.90 Å². The van der Waals surface area contributed by atoms with E-state index in [0.717, 1.165) is 5.56 Å². The fourth-order valence-electron chi connectivity index (χ4n) is 2.54. The van der Waals surface area contributed by atoms with Crippen LogP contribution in [0.2, 0.25) is 0 Å². The van der Waals surface area contributed by atoms with Gasteiger partial charge in [-0.3, -0.25) is 4.79 Å². The van der Waals surface area contributed by atoms with Crippen molar-refractivity contribution < 1.29 is 32.9 Å². The highest BCUT2D eigenvalue weighted by atomic mass is 32.2.